The van der Waals surface area contributed by atoms with Crippen LogP contribution in [0.5, 0.6) is 5.75 Å². The summed E-state index contributed by atoms with van der Waals surface area (Å²) < 4.78 is 34.2. The lowest BCUT2D eigenvalue weighted by molar-refractivity contribution is -0.0497. The predicted octanol–water partition coefficient (Wildman–Crippen LogP) is 3.80. The molecule has 1 N–H and O–H groups in total. The first-order valence-corrected chi connectivity index (χ1v) is 6.75. The zero-order valence-electron chi connectivity index (χ0n) is 12.0. The Bertz CT molecular complexity index is 605. The summed E-state index contributed by atoms with van der Waals surface area (Å²) in [5, 5.41) is 4.03. The van der Waals surface area contributed by atoms with Gasteiger partial charge < -0.3 is 14.8 Å². The van der Waals surface area contributed by atoms with Gasteiger partial charge >= 0.3 is 6.61 Å². The summed E-state index contributed by atoms with van der Waals surface area (Å²) >= 11 is 0. The highest BCUT2D eigenvalue weighted by Gasteiger charge is 2.10. The number of fused-ring (bicyclic) bond motifs is 1. The Kier molecular flexibility index (Phi) is 5.27. The Morgan fingerprint density at radius 1 is 1.29 bits per heavy atom. The molecule has 4 nitrogen and oxygen atoms in total. The van der Waals surface area contributed by atoms with Gasteiger partial charge in [0.05, 0.1) is 17.8 Å². The average molecular weight is 296 g/mol. The molecule has 0 unspecified atom stereocenters. The second-order valence-corrected chi connectivity index (χ2v) is 4.58. The van der Waals surface area contributed by atoms with E-state index in [1.165, 1.54) is 6.07 Å². The second-order valence-electron chi connectivity index (χ2n) is 4.58. The quantitative estimate of drug-likeness (QED) is 0.844. The Hall–Kier alpha value is -1.95. The van der Waals surface area contributed by atoms with Crippen LogP contribution in [0, 0.1) is 0 Å². The van der Waals surface area contributed by atoms with Crippen molar-refractivity contribution in [3.63, 3.8) is 0 Å². The van der Waals surface area contributed by atoms with Crippen molar-refractivity contribution in [3.8, 4) is 5.75 Å². The number of alkyl halides is 2. The first-order chi connectivity index (χ1) is 10.1. The lowest BCUT2D eigenvalue weighted by Crippen LogP contribution is -2.05. The molecule has 6 heteroatoms. The van der Waals surface area contributed by atoms with Crippen molar-refractivity contribution in [3.05, 3.63) is 30.0 Å². The van der Waals surface area contributed by atoms with E-state index in [1.807, 2.05) is 6.07 Å². The van der Waals surface area contributed by atoms with Crippen LogP contribution in [0.2, 0.25) is 0 Å². The second kappa shape index (κ2) is 7.17. The maximum absolute atomic E-state index is 12.3. The zero-order valence-corrected chi connectivity index (χ0v) is 12.0. The first kappa shape index (κ1) is 15.4. The lowest BCUT2D eigenvalue weighted by Gasteiger charge is -2.12. The molecule has 0 aliphatic heterocycles. The van der Waals surface area contributed by atoms with Crippen LogP contribution in [-0.2, 0) is 11.3 Å². The van der Waals surface area contributed by atoms with Crippen molar-refractivity contribution in [2.24, 2.45) is 0 Å². The molecular weight excluding hydrogens is 278 g/mol. The topological polar surface area (TPSA) is 43.4 Å². The largest absolute Gasteiger partial charge is 0.435 e. The molecule has 1 aromatic carbocycles. The molecule has 1 aromatic heterocycles. The molecule has 0 amide bonds. The molecule has 0 aliphatic rings. The number of hydrogen-bond acceptors (Lipinski definition) is 4. The van der Waals surface area contributed by atoms with Crippen LogP contribution in [0.4, 0.5) is 14.5 Å². The number of rotatable bonds is 7. The highest BCUT2D eigenvalue weighted by atomic mass is 19.3. The highest BCUT2D eigenvalue weighted by molar-refractivity contribution is 5.92. The van der Waals surface area contributed by atoms with E-state index in [0.29, 0.717) is 12.1 Å². The number of methoxy groups -OCH3 is 1. The van der Waals surface area contributed by atoms with Gasteiger partial charge in [0, 0.05) is 24.7 Å². The Morgan fingerprint density at radius 3 is 2.76 bits per heavy atom. The summed E-state index contributed by atoms with van der Waals surface area (Å²) in [5.41, 5.74) is 2.34. The minimum Gasteiger partial charge on any atom is -0.435 e. The molecule has 114 valence electrons. The Morgan fingerprint density at radius 2 is 2.10 bits per heavy atom. The minimum absolute atomic E-state index is 0.123. The third-order valence-electron chi connectivity index (χ3n) is 2.92. The van der Waals surface area contributed by atoms with Crippen LogP contribution < -0.4 is 10.1 Å². The molecule has 2 aromatic rings. The molecule has 21 heavy (non-hydrogen) atoms. The number of nitrogens with one attached hydrogen (secondary N) is 1. The molecule has 0 radical (unpaired) electrons. The van der Waals surface area contributed by atoms with Crippen molar-refractivity contribution < 1.29 is 18.3 Å². The van der Waals surface area contributed by atoms with Crippen LogP contribution in [0.1, 0.15) is 19.0 Å². The summed E-state index contributed by atoms with van der Waals surface area (Å²) in [6.45, 7) is 0.394. The van der Waals surface area contributed by atoms with Gasteiger partial charge in [-0.1, -0.05) is 6.92 Å². The number of hydrogen-bond donors (Lipinski definition) is 1. The molecule has 0 aliphatic carbocycles. The molecule has 2 rings (SSSR count). The number of nitrogens with zero attached hydrogens (tertiary/aromatic N) is 1. The van der Waals surface area contributed by atoms with Gasteiger partial charge in [0.1, 0.15) is 5.75 Å². The summed E-state index contributed by atoms with van der Waals surface area (Å²) in [6.07, 6.45) is 0.955. The molecule has 0 fully saturated rings. The lowest BCUT2D eigenvalue weighted by atomic mass is 10.1. The standard InChI is InChI=1S/C15H18F2N2O2/c1-3-6-18-14-7-10(9-20-2)19-13-5-4-11(8-12(13)14)21-15(16)17/h4-5,7-8,15H,3,6,9H2,1-2H3,(H,18,19). The maximum atomic E-state index is 12.3. The molecule has 0 bridgehead atoms. The van der Waals surface area contributed by atoms with Crippen LogP contribution in [0.15, 0.2) is 24.3 Å². The number of anilines is 1. The monoisotopic (exact) mass is 296 g/mol. The van der Waals surface area contributed by atoms with E-state index in [0.717, 1.165) is 29.7 Å². The van der Waals surface area contributed by atoms with Gasteiger partial charge in [0.15, 0.2) is 0 Å². The van der Waals surface area contributed by atoms with E-state index in [4.69, 9.17) is 4.74 Å². The van der Waals surface area contributed by atoms with Gasteiger partial charge in [-0.15, -0.1) is 0 Å². The molecule has 0 saturated heterocycles. The smallest absolute Gasteiger partial charge is 0.387 e. The third-order valence-corrected chi connectivity index (χ3v) is 2.92. The molecule has 0 spiro atoms. The van der Waals surface area contributed by atoms with Crippen molar-refractivity contribution in [2.45, 2.75) is 26.6 Å². The normalized spacial score (nSPS) is 11.1. The number of ether oxygens (including phenoxy) is 2. The molecule has 0 saturated carbocycles. The molecular formula is C15H18F2N2O2. The third kappa shape index (κ3) is 4.01. The fourth-order valence-corrected chi connectivity index (χ4v) is 2.06. The van der Waals surface area contributed by atoms with E-state index in [-0.39, 0.29) is 5.75 Å². The molecule has 0 atom stereocenters. The molecule has 1 heterocycles. The van der Waals surface area contributed by atoms with Gasteiger partial charge in [-0.05, 0) is 30.7 Å². The van der Waals surface area contributed by atoms with E-state index in [1.54, 1.807) is 19.2 Å². The van der Waals surface area contributed by atoms with E-state index in [2.05, 4.69) is 22.0 Å². The van der Waals surface area contributed by atoms with Gasteiger partial charge in [-0.25, -0.2) is 0 Å². The fraction of sp³-hybridized carbons (Fsp3) is 0.400. The van der Waals surface area contributed by atoms with Crippen LogP contribution in [-0.4, -0.2) is 25.3 Å². The van der Waals surface area contributed by atoms with Gasteiger partial charge in [-0.3, -0.25) is 4.98 Å². The Balaban J connectivity index is 2.45. The maximum Gasteiger partial charge on any atom is 0.387 e. The van der Waals surface area contributed by atoms with Gasteiger partial charge in [0.25, 0.3) is 0 Å². The minimum atomic E-state index is -2.84. The zero-order chi connectivity index (χ0) is 15.2. The number of benzene rings is 1. The predicted molar refractivity (Wildman–Crippen MR) is 77.9 cm³/mol. The van der Waals surface area contributed by atoms with Crippen LogP contribution in [0.3, 0.4) is 0 Å². The van der Waals surface area contributed by atoms with Crippen molar-refractivity contribution in [1.82, 2.24) is 4.98 Å². The van der Waals surface area contributed by atoms with Crippen LogP contribution in [0.25, 0.3) is 10.9 Å². The van der Waals surface area contributed by atoms with Crippen molar-refractivity contribution in [1.29, 1.82) is 0 Å². The fourth-order valence-electron chi connectivity index (χ4n) is 2.06. The van der Waals surface area contributed by atoms with Gasteiger partial charge in [-0.2, -0.15) is 8.78 Å². The SMILES string of the molecule is CCCNc1cc(COC)nc2ccc(OC(F)F)cc12. The van der Waals surface area contributed by atoms with Crippen molar-refractivity contribution in [2.75, 3.05) is 19.0 Å². The van der Waals surface area contributed by atoms with Crippen LogP contribution >= 0.6 is 0 Å². The summed E-state index contributed by atoms with van der Waals surface area (Å²) in [4.78, 5) is 4.45. The Labute approximate surface area is 122 Å². The summed E-state index contributed by atoms with van der Waals surface area (Å²) in [6, 6.07) is 6.60. The summed E-state index contributed by atoms with van der Waals surface area (Å²) in [7, 11) is 1.60. The first-order valence-electron chi connectivity index (χ1n) is 6.75. The van der Waals surface area contributed by atoms with Crippen molar-refractivity contribution >= 4 is 16.6 Å². The number of halogens is 2. The van der Waals surface area contributed by atoms with E-state index >= 15 is 0 Å². The average Bonchev–Trinajstić information content (AvgIpc) is 2.45. The number of pyridine rings is 1. The highest BCUT2D eigenvalue weighted by Crippen LogP contribution is 2.28. The number of aromatic nitrogens is 1. The van der Waals surface area contributed by atoms with E-state index < -0.39 is 6.61 Å². The van der Waals surface area contributed by atoms with E-state index in [9.17, 15) is 8.78 Å². The van der Waals surface area contributed by atoms with Gasteiger partial charge in [0.2, 0.25) is 0 Å². The summed E-state index contributed by atoms with van der Waals surface area (Å²) in [5.74, 6) is 0.123.